The Labute approximate surface area is 126 Å². The van der Waals surface area contributed by atoms with Gasteiger partial charge in [-0.25, -0.2) is 4.79 Å². The van der Waals surface area contributed by atoms with Gasteiger partial charge in [-0.2, -0.15) is 0 Å². The molecule has 0 aliphatic heterocycles. The van der Waals surface area contributed by atoms with E-state index in [4.69, 9.17) is 10.2 Å². The molecule has 1 aromatic rings. The van der Waals surface area contributed by atoms with Crippen molar-refractivity contribution in [3.63, 3.8) is 0 Å². The number of carbonyl (C=O) groups excluding carboxylic acids is 1. The summed E-state index contributed by atoms with van der Waals surface area (Å²) >= 11 is 0. The van der Waals surface area contributed by atoms with Crippen LogP contribution in [0.2, 0.25) is 0 Å². The van der Waals surface area contributed by atoms with Gasteiger partial charge in [-0.1, -0.05) is 18.2 Å². The summed E-state index contributed by atoms with van der Waals surface area (Å²) in [4.78, 5) is 32.9. The molecule has 0 saturated heterocycles. The highest BCUT2D eigenvalue weighted by molar-refractivity contribution is 5.96. The van der Waals surface area contributed by atoms with Crippen LogP contribution in [0.5, 0.6) is 0 Å². The van der Waals surface area contributed by atoms with Crippen LogP contribution in [0.25, 0.3) is 0 Å². The van der Waals surface area contributed by atoms with Crippen LogP contribution in [0.3, 0.4) is 0 Å². The molecule has 1 aromatic carbocycles. The third-order valence-corrected chi connectivity index (χ3v) is 2.29. The number of hydrogen-bond donors (Lipinski definition) is 3. The fraction of sp³-hybridized carbons (Fsp3) is 0.250. The zero-order valence-electron chi connectivity index (χ0n) is 9.50. The minimum absolute atomic E-state index is 0. The van der Waals surface area contributed by atoms with Crippen LogP contribution in [0.4, 0.5) is 0 Å². The maximum absolute atomic E-state index is 11.7. The summed E-state index contributed by atoms with van der Waals surface area (Å²) in [7, 11) is 0. The second-order valence-corrected chi connectivity index (χ2v) is 3.66. The first kappa shape index (κ1) is 17.4. The standard InChI is InChI=1S/C12H13NO5.Mg.2H/c14-10(15)7-6-9(12(17)18)13-11(16)8-4-2-1-3-5-8;;;/h1-5,9H,6-7H2,(H,13,16)(H,14,15)(H,17,18);;;/t9-;;;/m0.../s1. The summed E-state index contributed by atoms with van der Waals surface area (Å²) in [6.07, 6.45) is -0.463. The predicted octanol–water partition coefficient (Wildman–Crippen LogP) is -0.182. The van der Waals surface area contributed by atoms with E-state index in [1.54, 1.807) is 30.3 Å². The lowest BCUT2D eigenvalue weighted by Gasteiger charge is -2.13. The van der Waals surface area contributed by atoms with Crippen molar-refractivity contribution in [1.29, 1.82) is 0 Å². The van der Waals surface area contributed by atoms with Gasteiger partial charge < -0.3 is 15.5 Å². The van der Waals surface area contributed by atoms with Gasteiger partial charge in [0.2, 0.25) is 0 Å². The van der Waals surface area contributed by atoms with Crippen molar-refractivity contribution in [2.45, 2.75) is 18.9 Å². The van der Waals surface area contributed by atoms with Crippen molar-refractivity contribution in [2.24, 2.45) is 0 Å². The van der Waals surface area contributed by atoms with Gasteiger partial charge in [0.1, 0.15) is 6.04 Å². The van der Waals surface area contributed by atoms with Crippen LogP contribution < -0.4 is 5.32 Å². The highest BCUT2D eigenvalue weighted by Gasteiger charge is 2.21. The van der Waals surface area contributed by atoms with Crippen LogP contribution >= 0.6 is 0 Å². The Balaban J connectivity index is 0.00000324. The van der Waals surface area contributed by atoms with E-state index in [2.05, 4.69) is 5.32 Å². The lowest BCUT2D eigenvalue weighted by molar-refractivity contribution is -0.140. The Morgan fingerprint density at radius 2 is 1.68 bits per heavy atom. The molecule has 0 aliphatic rings. The molecule has 0 aromatic heterocycles. The van der Waals surface area contributed by atoms with E-state index >= 15 is 0 Å². The summed E-state index contributed by atoms with van der Waals surface area (Å²) in [6, 6.07) is 6.94. The number of rotatable bonds is 6. The highest BCUT2D eigenvalue weighted by atomic mass is 24.3. The van der Waals surface area contributed by atoms with Crippen molar-refractivity contribution in [3.8, 4) is 0 Å². The van der Waals surface area contributed by atoms with Crippen LogP contribution in [-0.4, -0.2) is 57.2 Å². The number of aliphatic carboxylic acids is 2. The molecule has 3 N–H and O–H groups in total. The second kappa shape index (κ2) is 8.49. The van der Waals surface area contributed by atoms with Crippen LogP contribution in [0, 0.1) is 0 Å². The zero-order chi connectivity index (χ0) is 13.5. The number of amides is 1. The van der Waals surface area contributed by atoms with Gasteiger partial charge in [0.15, 0.2) is 0 Å². The van der Waals surface area contributed by atoms with Crippen molar-refractivity contribution < 1.29 is 24.6 Å². The fourth-order valence-corrected chi connectivity index (χ4v) is 1.36. The highest BCUT2D eigenvalue weighted by Crippen LogP contribution is 2.02. The first-order valence-electron chi connectivity index (χ1n) is 5.31. The molecule has 0 aliphatic carbocycles. The van der Waals surface area contributed by atoms with E-state index in [0.29, 0.717) is 5.56 Å². The number of carbonyl (C=O) groups is 3. The smallest absolute Gasteiger partial charge is 0.326 e. The van der Waals surface area contributed by atoms with Gasteiger partial charge >= 0.3 is 35.0 Å². The minimum Gasteiger partial charge on any atom is -0.481 e. The molecule has 7 heteroatoms. The molecule has 0 bridgehead atoms. The van der Waals surface area contributed by atoms with Crippen molar-refractivity contribution in [2.75, 3.05) is 0 Å². The van der Waals surface area contributed by atoms with Crippen LogP contribution in [0.1, 0.15) is 23.2 Å². The maximum Gasteiger partial charge on any atom is 0.326 e. The number of carboxylic acids is 2. The summed E-state index contributed by atoms with van der Waals surface area (Å²) in [6.45, 7) is 0. The zero-order valence-corrected chi connectivity index (χ0v) is 9.50. The maximum atomic E-state index is 11.7. The summed E-state index contributed by atoms with van der Waals surface area (Å²) in [5.74, 6) is -2.89. The minimum atomic E-state index is -1.25. The van der Waals surface area contributed by atoms with Crippen LogP contribution in [-0.2, 0) is 9.59 Å². The molecule has 19 heavy (non-hydrogen) atoms. The van der Waals surface area contributed by atoms with E-state index < -0.39 is 23.9 Å². The lowest BCUT2D eigenvalue weighted by atomic mass is 10.1. The monoisotopic (exact) mass is 277 g/mol. The third kappa shape index (κ3) is 6.21. The number of carboxylic acid groups (broad SMARTS) is 2. The molecule has 0 spiro atoms. The Hall–Kier alpha value is -1.60. The van der Waals surface area contributed by atoms with E-state index in [9.17, 15) is 14.4 Å². The molecular formula is C12H15MgNO5. The van der Waals surface area contributed by atoms with E-state index in [1.807, 2.05) is 0 Å². The average molecular weight is 278 g/mol. The molecule has 0 heterocycles. The predicted molar refractivity (Wildman–Crippen MR) is 70.7 cm³/mol. The Kier molecular flexibility index (Phi) is 7.77. The molecule has 0 unspecified atom stereocenters. The summed E-state index contributed by atoms with van der Waals surface area (Å²) < 4.78 is 0. The topological polar surface area (TPSA) is 104 Å². The molecule has 1 amide bonds. The molecule has 1 atom stereocenters. The second-order valence-electron chi connectivity index (χ2n) is 3.66. The number of nitrogens with one attached hydrogen (secondary N) is 1. The third-order valence-electron chi connectivity index (χ3n) is 2.29. The molecule has 1 rings (SSSR count). The van der Waals surface area contributed by atoms with Crippen molar-refractivity contribution >= 4 is 40.9 Å². The van der Waals surface area contributed by atoms with E-state index in [0.717, 1.165) is 0 Å². The molecular weight excluding hydrogens is 262 g/mol. The van der Waals surface area contributed by atoms with E-state index in [-0.39, 0.29) is 35.9 Å². The largest absolute Gasteiger partial charge is 0.481 e. The molecule has 0 radical (unpaired) electrons. The Morgan fingerprint density at radius 1 is 1.11 bits per heavy atom. The van der Waals surface area contributed by atoms with Gasteiger partial charge in [0.05, 0.1) is 0 Å². The first-order valence-corrected chi connectivity index (χ1v) is 5.31. The Bertz CT molecular complexity index is 449. The van der Waals surface area contributed by atoms with Crippen LogP contribution in [0.15, 0.2) is 30.3 Å². The normalized spacial score (nSPS) is 10.9. The summed E-state index contributed by atoms with van der Waals surface area (Å²) in [5, 5.41) is 19.7. The van der Waals surface area contributed by atoms with Gasteiger partial charge in [0, 0.05) is 12.0 Å². The summed E-state index contributed by atoms with van der Waals surface area (Å²) in [5.41, 5.74) is 0.332. The molecule has 0 saturated carbocycles. The van der Waals surface area contributed by atoms with Crippen molar-refractivity contribution in [3.05, 3.63) is 35.9 Å². The molecule has 6 nitrogen and oxygen atoms in total. The fourth-order valence-electron chi connectivity index (χ4n) is 1.36. The average Bonchev–Trinajstić information content (AvgIpc) is 2.34. The van der Waals surface area contributed by atoms with Gasteiger partial charge in [-0.3, -0.25) is 9.59 Å². The Morgan fingerprint density at radius 3 is 2.16 bits per heavy atom. The molecule has 0 fully saturated rings. The molecule has 100 valence electrons. The SMILES string of the molecule is O=C(O)CC[C@H](NC(=O)c1ccccc1)C(=O)O.[MgH2]. The lowest BCUT2D eigenvalue weighted by Crippen LogP contribution is -2.41. The van der Waals surface area contributed by atoms with Gasteiger partial charge in [0.25, 0.3) is 5.91 Å². The van der Waals surface area contributed by atoms with Crippen molar-refractivity contribution in [1.82, 2.24) is 5.32 Å². The van der Waals surface area contributed by atoms with E-state index in [1.165, 1.54) is 0 Å². The quantitative estimate of drug-likeness (QED) is 0.626. The van der Waals surface area contributed by atoms with Gasteiger partial charge in [-0.15, -0.1) is 0 Å². The number of benzene rings is 1. The van der Waals surface area contributed by atoms with Gasteiger partial charge in [-0.05, 0) is 18.6 Å². The first-order chi connectivity index (χ1) is 8.50. The number of hydrogen-bond acceptors (Lipinski definition) is 3.